The van der Waals surface area contributed by atoms with E-state index in [2.05, 4.69) is 101 Å². The van der Waals surface area contributed by atoms with Crippen LogP contribution in [0.3, 0.4) is 0 Å². The second-order valence-electron chi connectivity index (χ2n) is 20.4. The van der Waals surface area contributed by atoms with Crippen LogP contribution in [-0.2, 0) is 19.2 Å². The van der Waals surface area contributed by atoms with Crippen molar-refractivity contribution in [3.05, 3.63) is 118 Å². The molecule has 4 aromatic rings. The van der Waals surface area contributed by atoms with Crippen LogP contribution in [-0.4, -0.2) is 70.3 Å². The van der Waals surface area contributed by atoms with Crippen molar-refractivity contribution < 1.29 is 24.0 Å². The van der Waals surface area contributed by atoms with Crippen molar-refractivity contribution in [2.24, 2.45) is 0 Å². The first-order valence-corrected chi connectivity index (χ1v) is 25.3. The number of benzene rings is 4. The molecule has 362 valence electrons. The van der Waals surface area contributed by atoms with Crippen LogP contribution in [0.1, 0.15) is 166 Å². The third kappa shape index (κ3) is 10.2. The minimum absolute atomic E-state index is 0.0773. The molecule has 0 bridgehead atoms. The topological polar surface area (TPSA) is 122 Å². The summed E-state index contributed by atoms with van der Waals surface area (Å²) in [6, 6.07) is 29.0. The van der Waals surface area contributed by atoms with Crippen molar-refractivity contribution in [2.75, 3.05) is 40.2 Å². The molecule has 2 aliphatic carbocycles. The molecule has 12 heteroatoms. The second-order valence-corrected chi connectivity index (χ2v) is 20.9. The Hall–Kier alpha value is -5.68. The van der Waals surface area contributed by atoms with Crippen LogP contribution in [0.4, 0.5) is 27.5 Å². The summed E-state index contributed by atoms with van der Waals surface area (Å²) in [5.74, 6) is 0.341. The van der Waals surface area contributed by atoms with Gasteiger partial charge in [-0.3, -0.25) is 29.0 Å². The van der Waals surface area contributed by atoms with Crippen molar-refractivity contribution in [1.29, 1.82) is 0 Å². The summed E-state index contributed by atoms with van der Waals surface area (Å²) >= 11 is 6.07. The number of nitrogens with zero attached hydrogens (tertiary/aromatic N) is 4. The normalized spacial score (nSPS) is 17.8. The van der Waals surface area contributed by atoms with Crippen LogP contribution in [0.2, 0.25) is 5.02 Å². The van der Waals surface area contributed by atoms with E-state index in [1.807, 2.05) is 36.4 Å². The fourth-order valence-corrected chi connectivity index (χ4v) is 11.0. The van der Waals surface area contributed by atoms with E-state index in [-0.39, 0.29) is 48.6 Å². The molecule has 8 rings (SSSR count). The summed E-state index contributed by atoms with van der Waals surface area (Å²) in [5.41, 5.74) is 6.27. The average molecular weight is 944 g/mol. The Balaban J connectivity index is 0.000000202. The minimum atomic E-state index is -0.942. The van der Waals surface area contributed by atoms with E-state index in [4.69, 9.17) is 11.6 Å². The third-order valence-corrected chi connectivity index (χ3v) is 14.7. The first kappa shape index (κ1) is 50.2. The van der Waals surface area contributed by atoms with Crippen molar-refractivity contribution in [2.45, 2.75) is 154 Å². The number of carbonyl (C=O) groups is 5. The summed E-state index contributed by atoms with van der Waals surface area (Å²) in [5, 5.41) is 6.79. The molecule has 0 unspecified atom stereocenters. The van der Waals surface area contributed by atoms with E-state index in [1.54, 1.807) is 34.1 Å². The Labute approximate surface area is 409 Å². The number of hydrogen-bond acceptors (Lipinski definition) is 6. The summed E-state index contributed by atoms with van der Waals surface area (Å²) in [6.07, 6.45) is 8.91. The molecule has 4 aromatic carbocycles. The van der Waals surface area contributed by atoms with Gasteiger partial charge in [-0.15, -0.1) is 0 Å². The van der Waals surface area contributed by atoms with Gasteiger partial charge in [0, 0.05) is 27.8 Å². The highest BCUT2D eigenvalue weighted by Gasteiger charge is 2.58. The maximum Gasteiger partial charge on any atom is 0.332 e. The lowest BCUT2D eigenvalue weighted by atomic mass is 9.80. The van der Waals surface area contributed by atoms with Crippen LogP contribution in [0.25, 0.3) is 0 Å². The molecule has 0 atom stereocenters. The number of imide groups is 1. The predicted molar refractivity (Wildman–Crippen MR) is 275 cm³/mol. The number of urea groups is 1. The van der Waals surface area contributed by atoms with Crippen LogP contribution in [0.15, 0.2) is 91.0 Å². The fraction of sp³-hybridized carbons (Fsp3) is 0.482. The lowest BCUT2D eigenvalue weighted by Crippen LogP contribution is -2.51. The van der Waals surface area contributed by atoms with Gasteiger partial charge in [0.1, 0.15) is 24.2 Å². The Bertz CT molecular complexity index is 2400. The standard InChI is InChI=1S/C28H34ClN3O3.C28H37N3O2/c1-18(2)22-9-8-10-23(19(3)4)25(22)30-24(33)17-31-26(34)28(15-6-5-7-16-28)32(27(31)35)21-13-11-20(29)12-14-21;1-20(2)23-14-11-15-24(21(3)4)26(23)29-25(32)18-30-19-31(22-12-7-5-8-13-22)28(27(30)33)16-9-6-10-17-28/h8-14,18-19H,5-7,15-17H2,1-4H3,(H,30,33);5,7-8,11-15,20-21H,6,9-10,16-19H2,1-4H3,(H,29,32). The van der Waals surface area contributed by atoms with Gasteiger partial charge in [0.15, 0.2) is 0 Å². The molecule has 4 aliphatic rings. The molecule has 2 saturated carbocycles. The Morgan fingerprint density at radius 2 is 0.971 bits per heavy atom. The number of para-hydroxylation sites is 3. The van der Waals surface area contributed by atoms with E-state index < -0.39 is 17.1 Å². The summed E-state index contributed by atoms with van der Waals surface area (Å²) in [6.45, 7) is 17.1. The fourth-order valence-electron chi connectivity index (χ4n) is 10.9. The van der Waals surface area contributed by atoms with Gasteiger partial charge in [-0.05, 0) is 108 Å². The monoisotopic (exact) mass is 943 g/mol. The number of hydrogen-bond donors (Lipinski definition) is 2. The van der Waals surface area contributed by atoms with E-state index >= 15 is 0 Å². The van der Waals surface area contributed by atoms with Gasteiger partial charge in [0.2, 0.25) is 17.7 Å². The molecule has 11 nitrogen and oxygen atoms in total. The number of anilines is 4. The molecule has 4 fully saturated rings. The molecular weight excluding hydrogens is 872 g/mol. The zero-order valence-electron chi connectivity index (χ0n) is 41.4. The van der Waals surface area contributed by atoms with Crippen molar-refractivity contribution >= 4 is 64.0 Å². The van der Waals surface area contributed by atoms with E-state index in [9.17, 15) is 24.0 Å². The first-order chi connectivity index (χ1) is 32.5. The maximum atomic E-state index is 13.7. The zero-order chi connectivity index (χ0) is 48.9. The lowest BCUT2D eigenvalue weighted by Gasteiger charge is -2.39. The quantitative estimate of drug-likeness (QED) is 0.136. The van der Waals surface area contributed by atoms with Gasteiger partial charge in [-0.1, -0.05) is 160 Å². The minimum Gasteiger partial charge on any atom is -0.339 e. The van der Waals surface area contributed by atoms with Gasteiger partial charge in [-0.2, -0.15) is 0 Å². The number of rotatable bonds is 12. The van der Waals surface area contributed by atoms with Crippen molar-refractivity contribution in [1.82, 2.24) is 9.80 Å². The van der Waals surface area contributed by atoms with Gasteiger partial charge in [0.05, 0.1) is 6.67 Å². The molecule has 0 aromatic heterocycles. The SMILES string of the molecule is CC(C)c1cccc(C(C)C)c1NC(=O)CN1C(=O)N(c2ccc(Cl)cc2)C2(CCCCC2)C1=O.CC(C)c1cccc(C(C)C)c1NC(=O)CN1CN(c2ccccc2)C2(CCCCC2)C1=O. The molecule has 2 N–H and O–H groups in total. The summed E-state index contributed by atoms with van der Waals surface area (Å²) in [4.78, 5) is 74.3. The summed E-state index contributed by atoms with van der Waals surface area (Å²) < 4.78 is 0. The van der Waals surface area contributed by atoms with Crippen molar-refractivity contribution in [3.8, 4) is 0 Å². The molecule has 2 saturated heterocycles. The zero-order valence-corrected chi connectivity index (χ0v) is 42.1. The van der Waals surface area contributed by atoms with Gasteiger partial charge < -0.3 is 20.4 Å². The number of carbonyl (C=O) groups excluding carboxylic acids is 5. The first-order valence-electron chi connectivity index (χ1n) is 24.9. The van der Waals surface area contributed by atoms with Crippen LogP contribution in [0.5, 0.6) is 0 Å². The average Bonchev–Trinajstić information content (AvgIpc) is 3.67. The number of halogens is 1. The van der Waals surface area contributed by atoms with Gasteiger partial charge in [0.25, 0.3) is 5.91 Å². The smallest absolute Gasteiger partial charge is 0.332 e. The third-order valence-electron chi connectivity index (χ3n) is 14.4. The molecule has 2 heterocycles. The second kappa shape index (κ2) is 21.3. The van der Waals surface area contributed by atoms with Gasteiger partial charge in [-0.25, -0.2) is 4.79 Å². The highest BCUT2D eigenvalue weighted by molar-refractivity contribution is 6.30. The Morgan fingerprint density at radius 3 is 1.43 bits per heavy atom. The largest absolute Gasteiger partial charge is 0.339 e. The van der Waals surface area contributed by atoms with E-state index in [1.165, 1.54) is 6.42 Å². The lowest BCUT2D eigenvalue weighted by molar-refractivity contribution is -0.135. The Morgan fingerprint density at radius 1 is 0.529 bits per heavy atom. The number of nitrogens with one attached hydrogen (secondary N) is 2. The molecule has 2 spiro atoms. The predicted octanol–water partition coefficient (Wildman–Crippen LogP) is 12.6. The van der Waals surface area contributed by atoms with E-state index in [0.717, 1.165) is 89.2 Å². The van der Waals surface area contributed by atoms with E-state index in [0.29, 0.717) is 42.1 Å². The molecule has 68 heavy (non-hydrogen) atoms. The van der Waals surface area contributed by atoms with Crippen molar-refractivity contribution in [3.63, 3.8) is 0 Å². The Kier molecular flexibility index (Phi) is 15.7. The highest BCUT2D eigenvalue weighted by atomic mass is 35.5. The maximum absolute atomic E-state index is 13.7. The van der Waals surface area contributed by atoms with Crippen LogP contribution in [0, 0.1) is 0 Å². The number of amides is 6. The molecular formula is C56H71ClN6O5. The van der Waals surface area contributed by atoms with Gasteiger partial charge >= 0.3 is 6.03 Å². The summed E-state index contributed by atoms with van der Waals surface area (Å²) in [7, 11) is 0. The molecule has 2 aliphatic heterocycles. The van der Waals surface area contributed by atoms with Crippen LogP contribution < -0.4 is 20.4 Å². The van der Waals surface area contributed by atoms with Crippen LogP contribution >= 0.6 is 11.6 Å². The molecule has 0 radical (unpaired) electrons. The molecule has 6 amide bonds. The highest BCUT2D eigenvalue weighted by Crippen LogP contribution is 2.45.